The number of rotatable bonds is 3. The van der Waals surface area contributed by atoms with E-state index in [2.05, 4.69) is 35.2 Å². The maximum absolute atomic E-state index is 11.7. The van der Waals surface area contributed by atoms with E-state index in [0.29, 0.717) is 6.61 Å². The van der Waals surface area contributed by atoms with Crippen LogP contribution in [-0.2, 0) is 16.0 Å². The van der Waals surface area contributed by atoms with Crippen molar-refractivity contribution in [3.05, 3.63) is 35.9 Å². The minimum absolute atomic E-state index is 0.106. The first-order valence-corrected chi connectivity index (χ1v) is 7.75. The van der Waals surface area contributed by atoms with Gasteiger partial charge in [-0.2, -0.15) is 0 Å². The van der Waals surface area contributed by atoms with Gasteiger partial charge >= 0.3 is 0 Å². The molecule has 1 amide bonds. The van der Waals surface area contributed by atoms with Crippen molar-refractivity contribution in [3.63, 3.8) is 0 Å². The fourth-order valence-corrected chi connectivity index (χ4v) is 3.50. The summed E-state index contributed by atoms with van der Waals surface area (Å²) in [6, 6.07) is 10.6. The summed E-state index contributed by atoms with van der Waals surface area (Å²) < 4.78 is 5.61. The molecule has 0 aliphatic carbocycles. The second kappa shape index (κ2) is 6.16. The van der Waals surface area contributed by atoms with Crippen molar-refractivity contribution in [1.29, 1.82) is 0 Å². The van der Waals surface area contributed by atoms with Crippen LogP contribution in [0, 0.1) is 5.41 Å². The van der Waals surface area contributed by atoms with Gasteiger partial charge in [0.1, 0.15) is 6.61 Å². The Morgan fingerprint density at radius 1 is 1.24 bits per heavy atom. The zero-order chi connectivity index (χ0) is 14.7. The quantitative estimate of drug-likeness (QED) is 0.843. The number of ether oxygens (including phenoxy) is 1. The molecule has 0 bridgehead atoms. The lowest BCUT2D eigenvalue weighted by molar-refractivity contribution is -0.132. The third-order valence-corrected chi connectivity index (χ3v) is 4.71. The molecule has 1 atom stereocenters. The first kappa shape index (κ1) is 14.5. The Bertz CT molecular complexity index is 491. The molecule has 0 radical (unpaired) electrons. The minimum atomic E-state index is 0.106. The fraction of sp³-hybridized carbons (Fsp3) is 0.588. The second-order valence-electron chi connectivity index (χ2n) is 6.50. The smallest absolute Gasteiger partial charge is 0.248 e. The molecule has 1 unspecified atom stereocenters. The van der Waals surface area contributed by atoms with Crippen molar-refractivity contribution in [2.24, 2.45) is 5.41 Å². The van der Waals surface area contributed by atoms with Gasteiger partial charge in [0.2, 0.25) is 5.91 Å². The van der Waals surface area contributed by atoms with Crippen LogP contribution >= 0.6 is 0 Å². The third kappa shape index (κ3) is 3.44. The number of benzene rings is 1. The standard InChI is InChI=1S/C17H24N2O2/c1-18-12-17(14-21-11-16(18)20)8-10-19(13-17)9-7-15-5-3-2-4-6-15/h2-6H,7-14H2,1H3. The van der Waals surface area contributed by atoms with E-state index in [0.717, 1.165) is 39.0 Å². The lowest BCUT2D eigenvalue weighted by Gasteiger charge is -2.30. The Balaban J connectivity index is 1.56. The summed E-state index contributed by atoms with van der Waals surface area (Å²) in [6.45, 7) is 5.01. The van der Waals surface area contributed by atoms with Gasteiger partial charge in [-0.3, -0.25) is 4.79 Å². The minimum Gasteiger partial charge on any atom is -0.371 e. The summed E-state index contributed by atoms with van der Waals surface area (Å²) in [5, 5.41) is 0. The molecular formula is C17H24N2O2. The molecule has 0 aromatic heterocycles. The SMILES string of the molecule is CN1CC2(CCN(CCc3ccccc3)C2)COCC1=O. The summed E-state index contributed by atoms with van der Waals surface area (Å²) in [7, 11) is 1.89. The van der Waals surface area contributed by atoms with Crippen molar-refractivity contribution in [1.82, 2.24) is 9.80 Å². The van der Waals surface area contributed by atoms with E-state index in [1.165, 1.54) is 5.56 Å². The Morgan fingerprint density at radius 3 is 2.86 bits per heavy atom. The topological polar surface area (TPSA) is 32.8 Å². The lowest BCUT2D eigenvalue weighted by atomic mass is 9.88. The van der Waals surface area contributed by atoms with Crippen LogP contribution in [-0.4, -0.2) is 62.1 Å². The molecule has 2 fully saturated rings. The molecule has 0 N–H and O–H groups in total. The van der Waals surface area contributed by atoms with E-state index in [4.69, 9.17) is 4.74 Å². The van der Waals surface area contributed by atoms with Gasteiger partial charge in [0.15, 0.2) is 0 Å². The molecule has 1 aromatic rings. The Hall–Kier alpha value is -1.39. The summed E-state index contributed by atoms with van der Waals surface area (Å²) in [5.41, 5.74) is 1.53. The van der Waals surface area contributed by atoms with Gasteiger partial charge in [-0.05, 0) is 24.9 Å². The normalized spacial score (nSPS) is 27.3. The molecule has 114 valence electrons. The summed E-state index contributed by atoms with van der Waals surface area (Å²) in [4.78, 5) is 16.1. The van der Waals surface area contributed by atoms with Crippen LogP contribution in [0.5, 0.6) is 0 Å². The van der Waals surface area contributed by atoms with Crippen LogP contribution in [0.4, 0.5) is 0 Å². The number of likely N-dealkylation sites (tertiary alicyclic amines) is 1. The molecule has 2 saturated heterocycles. The highest BCUT2D eigenvalue weighted by Gasteiger charge is 2.41. The second-order valence-corrected chi connectivity index (χ2v) is 6.50. The van der Waals surface area contributed by atoms with Gasteiger partial charge in [0.25, 0.3) is 0 Å². The fourth-order valence-electron chi connectivity index (χ4n) is 3.50. The van der Waals surface area contributed by atoms with Gasteiger partial charge in [-0.15, -0.1) is 0 Å². The largest absolute Gasteiger partial charge is 0.371 e. The Labute approximate surface area is 126 Å². The molecule has 3 rings (SSSR count). The van der Waals surface area contributed by atoms with Crippen LogP contribution in [0.3, 0.4) is 0 Å². The zero-order valence-electron chi connectivity index (χ0n) is 12.8. The van der Waals surface area contributed by atoms with E-state index < -0.39 is 0 Å². The third-order valence-electron chi connectivity index (χ3n) is 4.71. The molecule has 1 aromatic carbocycles. The number of carbonyl (C=O) groups is 1. The molecule has 2 aliphatic rings. The van der Waals surface area contributed by atoms with E-state index in [9.17, 15) is 4.79 Å². The molecule has 2 aliphatic heterocycles. The summed E-state index contributed by atoms with van der Waals surface area (Å²) in [5.74, 6) is 0.106. The highest BCUT2D eigenvalue weighted by molar-refractivity contribution is 5.77. The van der Waals surface area contributed by atoms with Crippen LogP contribution in [0.25, 0.3) is 0 Å². The van der Waals surface area contributed by atoms with E-state index >= 15 is 0 Å². The summed E-state index contributed by atoms with van der Waals surface area (Å²) in [6.07, 6.45) is 2.21. The van der Waals surface area contributed by atoms with Gasteiger partial charge in [-0.25, -0.2) is 0 Å². The van der Waals surface area contributed by atoms with E-state index in [-0.39, 0.29) is 17.9 Å². The number of hydrogen-bond donors (Lipinski definition) is 0. The molecule has 0 saturated carbocycles. The van der Waals surface area contributed by atoms with Crippen LogP contribution < -0.4 is 0 Å². The number of hydrogen-bond acceptors (Lipinski definition) is 3. The number of likely N-dealkylation sites (N-methyl/N-ethyl adjacent to an activating group) is 1. The first-order valence-electron chi connectivity index (χ1n) is 7.75. The monoisotopic (exact) mass is 288 g/mol. The zero-order valence-corrected chi connectivity index (χ0v) is 12.8. The average Bonchev–Trinajstić information content (AvgIpc) is 2.83. The first-order chi connectivity index (χ1) is 10.2. The van der Waals surface area contributed by atoms with Crippen molar-refractivity contribution in [2.75, 3.05) is 46.4 Å². The van der Waals surface area contributed by atoms with Crippen LogP contribution in [0.2, 0.25) is 0 Å². The van der Waals surface area contributed by atoms with Crippen LogP contribution in [0.1, 0.15) is 12.0 Å². The predicted molar refractivity (Wildman–Crippen MR) is 82.1 cm³/mol. The van der Waals surface area contributed by atoms with Gasteiger partial charge in [-0.1, -0.05) is 30.3 Å². The predicted octanol–water partition coefficient (Wildman–Crippen LogP) is 1.41. The van der Waals surface area contributed by atoms with Gasteiger partial charge in [0.05, 0.1) is 6.61 Å². The van der Waals surface area contributed by atoms with Crippen molar-refractivity contribution < 1.29 is 9.53 Å². The summed E-state index contributed by atoms with van der Waals surface area (Å²) >= 11 is 0. The number of carbonyl (C=O) groups excluding carboxylic acids is 1. The van der Waals surface area contributed by atoms with Crippen LogP contribution in [0.15, 0.2) is 30.3 Å². The van der Waals surface area contributed by atoms with Crippen molar-refractivity contribution >= 4 is 5.91 Å². The van der Waals surface area contributed by atoms with Crippen molar-refractivity contribution in [3.8, 4) is 0 Å². The highest BCUT2D eigenvalue weighted by Crippen LogP contribution is 2.33. The molecule has 1 spiro atoms. The molecule has 21 heavy (non-hydrogen) atoms. The Morgan fingerprint density at radius 2 is 2.05 bits per heavy atom. The van der Waals surface area contributed by atoms with E-state index in [1.807, 2.05) is 11.9 Å². The lowest BCUT2D eigenvalue weighted by Crippen LogP contribution is -2.40. The highest BCUT2D eigenvalue weighted by atomic mass is 16.5. The molecule has 2 heterocycles. The molecule has 4 heteroatoms. The Kier molecular flexibility index (Phi) is 4.27. The maximum Gasteiger partial charge on any atom is 0.248 e. The van der Waals surface area contributed by atoms with Gasteiger partial charge in [0, 0.05) is 32.1 Å². The number of amides is 1. The van der Waals surface area contributed by atoms with Gasteiger partial charge < -0.3 is 14.5 Å². The average molecular weight is 288 g/mol. The van der Waals surface area contributed by atoms with Crippen molar-refractivity contribution in [2.45, 2.75) is 12.8 Å². The molecule has 4 nitrogen and oxygen atoms in total. The molecular weight excluding hydrogens is 264 g/mol. The number of nitrogens with zero attached hydrogens (tertiary/aromatic N) is 2. The maximum atomic E-state index is 11.7. The van der Waals surface area contributed by atoms with E-state index in [1.54, 1.807) is 0 Å².